The van der Waals surface area contributed by atoms with Crippen LogP contribution in [0.3, 0.4) is 0 Å². The van der Waals surface area contributed by atoms with Crippen molar-refractivity contribution in [1.82, 2.24) is 4.98 Å². The zero-order valence-corrected chi connectivity index (χ0v) is 12.6. The SMILES string of the molecule is NCCc1ccc(C(CCCC(=O)O)c2cccnc2)cc1. The topological polar surface area (TPSA) is 76.2 Å². The molecule has 0 aliphatic rings. The molecule has 1 heterocycles. The van der Waals surface area contributed by atoms with Crippen molar-refractivity contribution in [1.29, 1.82) is 0 Å². The van der Waals surface area contributed by atoms with Gasteiger partial charge < -0.3 is 10.8 Å². The number of hydrogen-bond acceptors (Lipinski definition) is 3. The van der Waals surface area contributed by atoms with E-state index in [9.17, 15) is 4.79 Å². The van der Waals surface area contributed by atoms with Crippen molar-refractivity contribution in [2.24, 2.45) is 5.73 Å². The number of carbonyl (C=O) groups is 1. The summed E-state index contributed by atoms with van der Waals surface area (Å²) >= 11 is 0. The Labute approximate surface area is 131 Å². The largest absolute Gasteiger partial charge is 0.481 e. The molecule has 0 aliphatic heterocycles. The Morgan fingerprint density at radius 3 is 2.55 bits per heavy atom. The molecule has 4 nitrogen and oxygen atoms in total. The summed E-state index contributed by atoms with van der Waals surface area (Å²) in [5, 5.41) is 8.84. The van der Waals surface area contributed by atoms with E-state index in [1.165, 1.54) is 11.1 Å². The summed E-state index contributed by atoms with van der Waals surface area (Å²) in [6.45, 7) is 0.643. The molecular formula is C18H22N2O2. The van der Waals surface area contributed by atoms with Gasteiger partial charge in [0.15, 0.2) is 0 Å². The lowest BCUT2D eigenvalue weighted by atomic mass is 9.87. The average Bonchev–Trinajstić information content (AvgIpc) is 2.53. The lowest BCUT2D eigenvalue weighted by molar-refractivity contribution is -0.137. The van der Waals surface area contributed by atoms with Gasteiger partial charge in [0.2, 0.25) is 0 Å². The van der Waals surface area contributed by atoms with Gasteiger partial charge in [-0.05, 0) is 48.6 Å². The summed E-state index contributed by atoms with van der Waals surface area (Å²) in [6.07, 6.45) is 6.13. The number of benzene rings is 1. The van der Waals surface area contributed by atoms with E-state index in [2.05, 4.69) is 29.2 Å². The number of carboxylic acid groups (broad SMARTS) is 1. The predicted molar refractivity (Wildman–Crippen MR) is 86.8 cm³/mol. The summed E-state index contributed by atoms with van der Waals surface area (Å²) in [4.78, 5) is 14.9. The van der Waals surface area contributed by atoms with Gasteiger partial charge in [-0.15, -0.1) is 0 Å². The highest BCUT2D eigenvalue weighted by Crippen LogP contribution is 2.29. The third kappa shape index (κ3) is 4.67. The number of carboxylic acids is 1. The highest BCUT2D eigenvalue weighted by Gasteiger charge is 2.15. The summed E-state index contributed by atoms with van der Waals surface area (Å²) in [5.74, 6) is -0.566. The molecule has 1 aromatic carbocycles. The van der Waals surface area contributed by atoms with Gasteiger partial charge in [-0.3, -0.25) is 9.78 Å². The number of aromatic nitrogens is 1. The molecule has 22 heavy (non-hydrogen) atoms. The van der Waals surface area contributed by atoms with Gasteiger partial charge in [0.1, 0.15) is 0 Å². The van der Waals surface area contributed by atoms with Crippen LogP contribution in [0.25, 0.3) is 0 Å². The molecule has 0 saturated carbocycles. The second-order valence-corrected chi connectivity index (χ2v) is 5.41. The number of rotatable bonds is 8. The highest BCUT2D eigenvalue weighted by atomic mass is 16.4. The van der Waals surface area contributed by atoms with E-state index >= 15 is 0 Å². The molecule has 4 heteroatoms. The quantitative estimate of drug-likeness (QED) is 0.785. The normalized spacial score (nSPS) is 12.0. The van der Waals surface area contributed by atoms with Gasteiger partial charge in [-0.2, -0.15) is 0 Å². The third-order valence-electron chi connectivity index (χ3n) is 3.79. The fraction of sp³-hybridized carbons (Fsp3) is 0.333. The van der Waals surface area contributed by atoms with Crippen molar-refractivity contribution in [3.8, 4) is 0 Å². The Kier molecular flexibility index (Phi) is 6.10. The number of aliphatic carboxylic acids is 1. The van der Waals surface area contributed by atoms with Crippen molar-refractivity contribution in [3.05, 3.63) is 65.5 Å². The Morgan fingerprint density at radius 1 is 1.18 bits per heavy atom. The van der Waals surface area contributed by atoms with E-state index < -0.39 is 5.97 Å². The maximum absolute atomic E-state index is 10.7. The minimum Gasteiger partial charge on any atom is -0.481 e. The smallest absolute Gasteiger partial charge is 0.303 e. The molecule has 0 amide bonds. The number of nitrogens with two attached hydrogens (primary N) is 1. The molecule has 0 spiro atoms. The van der Waals surface area contributed by atoms with Crippen LogP contribution in [0.1, 0.15) is 41.9 Å². The first-order valence-electron chi connectivity index (χ1n) is 7.61. The van der Waals surface area contributed by atoms with E-state index in [1.54, 1.807) is 6.20 Å². The van der Waals surface area contributed by atoms with Crippen LogP contribution in [-0.2, 0) is 11.2 Å². The molecule has 2 aromatic rings. The zero-order valence-electron chi connectivity index (χ0n) is 12.6. The van der Waals surface area contributed by atoms with Crippen molar-refractivity contribution >= 4 is 5.97 Å². The van der Waals surface area contributed by atoms with Crippen LogP contribution in [0.4, 0.5) is 0 Å². The van der Waals surface area contributed by atoms with E-state index in [4.69, 9.17) is 10.8 Å². The number of nitrogens with zero attached hydrogens (tertiary/aromatic N) is 1. The number of hydrogen-bond donors (Lipinski definition) is 2. The molecule has 0 fully saturated rings. The second-order valence-electron chi connectivity index (χ2n) is 5.41. The summed E-state index contributed by atoms with van der Waals surface area (Å²) in [7, 11) is 0. The van der Waals surface area contributed by atoms with Gasteiger partial charge in [0, 0.05) is 24.7 Å². The average molecular weight is 298 g/mol. The number of pyridine rings is 1. The molecule has 1 aromatic heterocycles. The van der Waals surface area contributed by atoms with E-state index in [1.807, 2.05) is 18.3 Å². The van der Waals surface area contributed by atoms with E-state index in [0.29, 0.717) is 13.0 Å². The van der Waals surface area contributed by atoms with Crippen LogP contribution in [-0.4, -0.2) is 22.6 Å². The molecule has 116 valence electrons. The van der Waals surface area contributed by atoms with Crippen molar-refractivity contribution in [3.63, 3.8) is 0 Å². The van der Waals surface area contributed by atoms with Gasteiger partial charge in [-0.1, -0.05) is 30.3 Å². The molecule has 3 N–H and O–H groups in total. The van der Waals surface area contributed by atoms with Gasteiger partial charge in [0.05, 0.1) is 0 Å². The van der Waals surface area contributed by atoms with Crippen LogP contribution in [0.5, 0.6) is 0 Å². The zero-order chi connectivity index (χ0) is 15.8. The van der Waals surface area contributed by atoms with Crippen LogP contribution >= 0.6 is 0 Å². The maximum atomic E-state index is 10.7. The molecule has 2 rings (SSSR count). The lowest BCUT2D eigenvalue weighted by Crippen LogP contribution is -2.05. The van der Waals surface area contributed by atoms with E-state index in [0.717, 1.165) is 18.4 Å². The maximum Gasteiger partial charge on any atom is 0.303 e. The highest BCUT2D eigenvalue weighted by molar-refractivity contribution is 5.66. The van der Waals surface area contributed by atoms with Crippen LogP contribution < -0.4 is 5.73 Å². The Balaban J connectivity index is 2.17. The van der Waals surface area contributed by atoms with Gasteiger partial charge >= 0.3 is 5.97 Å². The lowest BCUT2D eigenvalue weighted by Gasteiger charge is -2.18. The van der Waals surface area contributed by atoms with Crippen LogP contribution in [0.2, 0.25) is 0 Å². The minimum absolute atomic E-state index is 0.181. The second kappa shape index (κ2) is 8.29. The summed E-state index contributed by atoms with van der Waals surface area (Å²) in [5.41, 5.74) is 9.12. The van der Waals surface area contributed by atoms with Crippen LogP contribution in [0.15, 0.2) is 48.8 Å². The fourth-order valence-electron chi connectivity index (χ4n) is 2.65. The molecule has 0 saturated heterocycles. The third-order valence-corrected chi connectivity index (χ3v) is 3.79. The summed E-state index contributed by atoms with van der Waals surface area (Å²) < 4.78 is 0. The first-order valence-corrected chi connectivity index (χ1v) is 7.61. The molecular weight excluding hydrogens is 276 g/mol. The monoisotopic (exact) mass is 298 g/mol. The molecule has 1 unspecified atom stereocenters. The van der Waals surface area contributed by atoms with Gasteiger partial charge in [0.25, 0.3) is 0 Å². The first kappa shape index (κ1) is 16.2. The van der Waals surface area contributed by atoms with Crippen molar-refractivity contribution in [2.45, 2.75) is 31.6 Å². The Morgan fingerprint density at radius 2 is 1.95 bits per heavy atom. The Bertz CT molecular complexity index is 582. The van der Waals surface area contributed by atoms with E-state index in [-0.39, 0.29) is 12.3 Å². The first-order chi connectivity index (χ1) is 10.7. The molecule has 1 atom stereocenters. The Hall–Kier alpha value is -2.20. The van der Waals surface area contributed by atoms with Gasteiger partial charge in [-0.25, -0.2) is 0 Å². The van der Waals surface area contributed by atoms with Crippen LogP contribution in [0, 0.1) is 0 Å². The van der Waals surface area contributed by atoms with Crippen molar-refractivity contribution in [2.75, 3.05) is 6.54 Å². The standard InChI is InChI=1S/C18H22N2O2/c19-11-10-14-6-8-15(9-7-14)17(4-1-5-18(21)22)16-3-2-12-20-13-16/h2-3,6-9,12-13,17H,1,4-5,10-11,19H2,(H,21,22). The minimum atomic E-state index is -0.747. The molecule has 0 bridgehead atoms. The molecule has 0 aliphatic carbocycles. The fourth-order valence-corrected chi connectivity index (χ4v) is 2.65. The van der Waals surface area contributed by atoms with Crippen molar-refractivity contribution < 1.29 is 9.90 Å². The predicted octanol–water partition coefficient (Wildman–Crippen LogP) is 2.97. The summed E-state index contributed by atoms with van der Waals surface area (Å²) in [6, 6.07) is 12.4. The molecule has 0 radical (unpaired) electrons.